The van der Waals surface area contributed by atoms with Crippen LogP contribution in [0.5, 0.6) is 23.0 Å². The molecule has 0 saturated carbocycles. The van der Waals surface area contributed by atoms with Crippen LogP contribution in [0.2, 0.25) is 0 Å². The van der Waals surface area contributed by atoms with Crippen LogP contribution in [-0.2, 0) is 33.7 Å². The minimum atomic E-state index is -0.625. The van der Waals surface area contributed by atoms with Crippen molar-refractivity contribution in [2.45, 2.75) is 33.2 Å². The molecule has 2 aliphatic heterocycles. The van der Waals surface area contributed by atoms with E-state index in [9.17, 15) is 9.59 Å². The molecule has 0 unspecified atom stereocenters. The first-order valence-electron chi connectivity index (χ1n) is 15.4. The predicted octanol–water partition coefficient (Wildman–Crippen LogP) is 4.59. The monoisotopic (exact) mass is 656 g/mol. The number of nitrogens with one attached hydrogen (secondary N) is 2. The number of carbonyl (C=O) groups is 2. The Hall–Kier alpha value is -5.70. The maximum atomic E-state index is 12.0. The molecule has 2 N–H and O–H groups in total. The molecule has 12 nitrogen and oxygen atoms in total. The summed E-state index contributed by atoms with van der Waals surface area (Å²) in [5, 5.41) is 20.7. The molecule has 0 bridgehead atoms. The number of methoxy groups -OCH3 is 4. The number of pyridine rings is 1. The van der Waals surface area contributed by atoms with Crippen molar-refractivity contribution in [3.05, 3.63) is 81.9 Å². The fourth-order valence-electron chi connectivity index (χ4n) is 5.52. The molecule has 0 saturated heterocycles. The predicted molar refractivity (Wildman–Crippen MR) is 178 cm³/mol. The van der Waals surface area contributed by atoms with Crippen molar-refractivity contribution in [2.24, 2.45) is 0 Å². The van der Waals surface area contributed by atoms with Gasteiger partial charge in [-0.25, -0.2) is 9.59 Å². The summed E-state index contributed by atoms with van der Waals surface area (Å²) in [6.07, 6.45) is 4.77. The van der Waals surface area contributed by atoms with Crippen LogP contribution in [0.4, 0.5) is 0 Å². The van der Waals surface area contributed by atoms with Crippen molar-refractivity contribution in [1.82, 2.24) is 9.88 Å². The number of fused-ring (bicyclic) bond motifs is 4. The number of carbonyl (C=O) groups excluding carboxylic acids is 2. The largest absolute Gasteiger partial charge is 0.493 e. The third kappa shape index (κ3) is 7.47. The second kappa shape index (κ2) is 16.2. The number of hydrogen-bond donors (Lipinski definition) is 2. The summed E-state index contributed by atoms with van der Waals surface area (Å²) in [5.41, 5.74) is 6.30. The first kappa shape index (κ1) is 35.2. The van der Waals surface area contributed by atoms with Gasteiger partial charge in [0.15, 0.2) is 23.0 Å². The Morgan fingerprint density at radius 1 is 0.875 bits per heavy atom. The zero-order valence-electron chi connectivity index (χ0n) is 28.0. The van der Waals surface area contributed by atoms with E-state index >= 15 is 0 Å². The fraction of sp³-hybridized carbons (Fsp3) is 0.333. The number of hydrogen-bond acceptors (Lipinski definition) is 11. The second-order valence-corrected chi connectivity index (χ2v) is 10.5. The van der Waals surface area contributed by atoms with Crippen LogP contribution in [0, 0.1) is 16.7 Å². The Bertz CT molecular complexity index is 1850. The zero-order valence-corrected chi connectivity index (χ0v) is 28.0. The molecule has 3 heterocycles. The molecular weight excluding hydrogens is 616 g/mol. The normalized spacial score (nSPS) is 13.6. The quantitative estimate of drug-likeness (QED) is 0.190. The molecule has 0 radical (unpaired) electrons. The van der Waals surface area contributed by atoms with E-state index < -0.39 is 11.9 Å². The highest BCUT2D eigenvalue weighted by Crippen LogP contribution is 2.38. The molecule has 0 fully saturated rings. The molecule has 252 valence electrons. The number of allylic oxidation sites excluding steroid dienone is 2. The summed E-state index contributed by atoms with van der Waals surface area (Å²) in [5.74, 6) is 1.55. The van der Waals surface area contributed by atoms with Gasteiger partial charge < -0.3 is 38.3 Å². The SMILES string of the molecule is CCOC(=O)/C(C#N)=C/C=C1\NCCc2cc(OC)c(OC)cc21.CCOC(=O)c1ccc2n(c1=N)CCc1cc(OC)c(OC)cc1-2. The minimum absolute atomic E-state index is 0.0428. The molecule has 0 atom stereocenters. The highest BCUT2D eigenvalue weighted by molar-refractivity contribution is 5.93. The van der Waals surface area contributed by atoms with Gasteiger partial charge >= 0.3 is 11.9 Å². The molecule has 2 aromatic carbocycles. The molecule has 5 rings (SSSR count). The maximum Gasteiger partial charge on any atom is 0.348 e. The van der Waals surface area contributed by atoms with Crippen molar-refractivity contribution in [1.29, 1.82) is 10.7 Å². The molecule has 0 aliphatic carbocycles. The summed E-state index contributed by atoms with van der Waals surface area (Å²) in [6, 6.07) is 13.1. The summed E-state index contributed by atoms with van der Waals surface area (Å²) in [4.78, 5) is 23.7. The number of rotatable bonds is 9. The Morgan fingerprint density at radius 3 is 2.04 bits per heavy atom. The van der Waals surface area contributed by atoms with E-state index in [1.54, 1.807) is 54.4 Å². The van der Waals surface area contributed by atoms with E-state index in [0.29, 0.717) is 36.1 Å². The molecule has 48 heavy (non-hydrogen) atoms. The number of nitrogens with zero attached hydrogens (tertiary/aromatic N) is 2. The van der Waals surface area contributed by atoms with Gasteiger partial charge in [0.1, 0.15) is 22.7 Å². The standard InChI is InChI=1S/2C18H20N2O4/c1-4-24-18(21)12-5-6-14-13-10-16(23-3)15(22-2)9-11(13)7-8-20(14)17(12)19;1-4-24-18(21)13(11-19)5-6-15-14-10-17(23-3)16(22-2)9-12(14)7-8-20-15/h5-6,9-10,19H,4,7-8H2,1-3H3;5-6,9-10,20H,4,7-8H2,1-3H3/b;13-5+,15-6-. The third-order valence-corrected chi connectivity index (χ3v) is 7.85. The number of aromatic nitrogens is 1. The lowest BCUT2D eigenvalue weighted by molar-refractivity contribution is -0.138. The lowest BCUT2D eigenvalue weighted by Crippen LogP contribution is -2.31. The van der Waals surface area contributed by atoms with Crippen LogP contribution in [0.1, 0.15) is 40.9 Å². The minimum Gasteiger partial charge on any atom is -0.493 e. The Labute approximate surface area is 279 Å². The topological polar surface area (TPSA) is 154 Å². The van der Waals surface area contributed by atoms with E-state index in [-0.39, 0.29) is 23.2 Å². The smallest absolute Gasteiger partial charge is 0.348 e. The van der Waals surface area contributed by atoms with Crippen LogP contribution < -0.4 is 29.8 Å². The van der Waals surface area contributed by atoms with Crippen molar-refractivity contribution in [3.8, 4) is 40.3 Å². The molecule has 2 aliphatic rings. The molecule has 12 heteroatoms. The van der Waals surface area contributed by atoms with Gasteiger partial charge in [0.2, 0.25) is 0 Å². The molecule has 3 aromatic rings. The Kier molecular flexibility index (Phi) is 11.9. The van der Waals surface area contributed by atoms with Gasteiger partial charge in [-0.1, -0.05) is 0 Å². The molecular formula is C36H40N4O8. The Balaban J connectivity index is 0.000000217. The lowest BCUT2D eigenvalue weighted by atomic mass is 9.96. The van der Waals surface area contributed by atoms with Crippen LogP contribution in [-0.4, -0.2) is 64.7 Å². The fourth-order valence-corrected chi connectivity index (χ4v) is 5.52. The third-order valence-electron chi connectivity index (χ3n) is 7.85. The number of esters is 2. The molecule has 0 spiro atoms. The van der Waals surface area contributed by atoms with Crippen LogP contribution in [0.25, 0.3) is 17.0 Å². The molecule has 0 amide bonds. The summed E-state index contributed by atoms with van der Waals surface area (Å²) in [6.45, 7) is 5.35. The van der Waals surface area contributed by atoms with Crippen molar-refractivity contribution >= 4 is 17.6 Å². The van der Waals surface area contributed by atoms with E-state index in [1.165, 1.54) is 6.08 Å². The van der Waals surface area contributed by atoms with Crippen LogP contribution in [0.15, 0.2) is 54.1 Å². The van der Waals surface area contributed by atoms with E-state index in [1.807, 2.05) is 41.0 Å². The first-order chi connectivity index (χ1) is 23.2. The van der Waals surface area contributed by atoms with Crippen molar-refractivity contribution in [2.75, 3.05) is 48.2 Å². The number of ether oxygens (including phenoxy) is 6. The van der Waals surface area contributed by atoms with Gasteiger partial charge in [-0.3, -0.25) is 5.41 Å². The van der Waals surface area contributed by atoms with Crippen molar-refractivity contribution in [3.63, 3.8) is 0 Å². The van der Waals surface area contributed by atoms with E-state index in [2.05, 4.69) is 5.32 Å². The van der Waals surface area contributed by atoms with Gasteiger partial charge in [-0.15, -0.1) is 0 Å². The number of nitriles is 1. The summed E-state index contributed by atoms with van der Waals surface area (Å²) in [7, 11) is 6.39. The number of aryl methyl sites for hydroxylation is 1. The lowest BCUT2D eigenvalue weighted by Gasteiger charge is -2.24. The van der Waals surface area contributed by atoms with Gasteiger partial charge in [0.25, 0.3) is 0 Å². The second-order valence-electron chi connectivity index (χ2n) is 10.5. The van der Waals surface area contributed by atoms with Crippen molar-refractivity contribution < 1.29 is 38.0 Å². The number of benzene rings is 2. The Morgan fingerprint density at radius 2 is 1.46 bits per heavy atom. The van der Waals surface area contributed by atoms with Crippen LogP contribution in [0.3, 0.4) is 0 Å². The zero-order chi connectivity index (χ0) is 34.8. The van der Waals surface area contributed by atoms with Gasteiger partial charge in [-0.05, 0) is 86.4 Å². The summed E-state index contributed by atoms with van der Waals surface area (Å²) < 4.78 is 33.1. The van der Waals surface area contributed by atoms with E-state index in [4.69, 9.17) is 39.1 Å². The van der Waals surface area contributed by atoms with Gasteiger partial charge in [0, 0.05) is 29.9 Å². The van der Waals surface area contributed by atoms with Crippen LogP contribution >= 0.6 is 0 Å². The average molecular weight is 657 g/mol. The van der Waals surface area contributed by atoms with Gasteiger partial charge in [-0.2, -0.15) is 5.26 Å². The highest BCUT2D eigenvalue weighted by atomic mass is 16.5. The molecule has 1 aromatic heterocycles. The van der Waals surface area contributed by atoms with E-state index in [0.717, 1.165) is 53.0 Å². The maximum absolute atomic E-state index is 12.0. The first-order valence-corrected chi connectivity index (χ1v) is 15.4. The van der Waals surface area contributed by atoms with Gasteiger partial charge in [0.05, 0.1) is 47.3 Å². The average Bonchev–Trinajstić information content (AvgIpc) is 3.11. The highest BCUT2D eigenvalue weighted by Gasteiger charge is 2.22. The summed E-state index contributed by atoms with van der Waals surface area (Å²) >= 11 is 0.